The number of benzene rings is 2. The van der Waals surface area contributed by atoms with Gasteiger partial charge in [0.1, 0.15) is 12.3 Å². The van der Waals surface area contributed by atoms with Crippen molar-refractivity contribution in [3.63, 3.8) is 0 Å². The topological polar surface area (TPSA) is 65.6 Å². The fourth-order valence-corrected chi connectivity index (χ4v) is 4.77. The van der Waals surface area contributed by atoms with Gasteiger partial charge in [0.15, 0.2) is 5.54 Å². The van der Waals surface area contributed by atoms with Gasteiger partial charge in [0, 0.05) is 24.0 Å². The van der Waals surface area contributed by atoms with Gasteiger partial charge in [-0.3, -0.25) is 9.59 Å². The lowest BCUT2D eigenvalue weighted by molar-refractivity contribution is -0.166. The van der Waals surface area contributed by atoms with Crippen molar-refractivity contribution in [3.8, 4) is 5.75 Å². The van der Waals surface area contributed by atoms with Crippen LogP contribution in [-0.2, 0) is 28.1 Å². The highest BCUT2D eigenvalue weighted by Crippen LogP contribution is 2.42. The minimum Gasteiger partial charge on any atom is -0.497 e. The van der Waals surface area contributed by atoms with Crippen LogP contribution in [-0.4, -0.2) is 46.8 Å². The van der Waals surface area contributed by atoms with Gasteiger partial charge in [-0.2, -0.15) is 0 Å². The number of piperazine rings is 1. The number of hydrogen-bond donors (Lipinski definition) is 1. The second kappa shape index (κ2) is 6.37. The van der Waals surface area contributed by atoms with Crippen LogP contribution in [0.1, 0.15) is 23.7 Å². The van der Waals surface area contributed by atoms with Crippen molar-refractivity contribution in [3.05, 3.63) is 65.4 Å². The maximum absolute atomic E-state index is 13.7. The molecule has 0 bridgehead atoms. The first-order valence-corrected chi connectivity index (χ1v) is 9.85. The second-order valence-corrected chi connectivity index (χ2v) is 7.90. The van der Waals surface area contributed by atoms with E-state index in [9.17, 15) is 9.59 Å². The highest BCUT2D eigenvalue weighted by Gasteiger charge is 2.54. The normalized spacial score (nSPS) is 21.3. The average Bonchev–Trinajstić information content (AvgIpc) is 3.12. The van der Waals surface area contributed by atoms with E-state index in [0.29, 0.717) is 13.1 Å². The smallest absolute Gasteiger partial charge is 0.255 e. The van der Waals surface area contributed by atoms with Gasteiger partial charge in [-0.15, -0.1) is 0 Å². The number of H-pyrrole nitrogens is 1. The zero-order valence-electron chi connectivity index (χ0n) is 16.6. The molecule has 29 heavy (non-hydrogen) atoms. The maximum atomic E-state index is 13.7. The Morgan fingerprint density at radius 3 is 2.69 bits per heavy atom. The second-order valence-electron chi connectivity index (χ2n) is 7.90. The number of nitrogens with zero attached hydrogens (tertiary/aromatic N) is 2. The van der Waals surface area contributed by atoms with E-state index in [4.69, 9.17) is 4.74 Å². The number of aromatic amines is 1. The van der Waals surface area contributed by atoms with Gasteiger partial charge in [-0.1, -0.05) is 30.3 Å². The number of amides is 2. The Labute approximate surface area is 169 Å². The number of carbonyl (C=O) groups is 2. The monoisotopic (exact) mass is 389 g/mol. The standard InChI is InChI=1S/C23H23N3O3/c1-23-21-17(18-12-16(29-2)8-9-19(18)24-21)10-11-26(23)20(27)14-25(22(23)28)13-15-6-4-3-5-7-15/h3-9,12,24H,10-11,13-14H2,1-2H3. The van der Waals surface area contributed by atoms with Gasteiger partial charge in [-0.25, -0.2) is 0 Å². The van der Waals surface area contributed by atoms with Crippen molar-refractivity contribution in [2.75, 3.05) is 20.2 Å². The van der Waals surface area contributed by atoms with Gasteiger partial charge < -0.3 is 19.5 Å². The van der Waals surface area contributed by atoms with E-state index in [1.807, 2.05) is 55.5 Å². The van der Waals surface area contributed by atoms with Gasteiger partial charge in [0.25, 0.3) is 5.91 Å². The van der Waals surface area contributed by atoms with Crippen LogP contribution >= 0.6 is 0 Å². The predicted octanol–water partition coefficient (Wildman–Crippen LogP) is 2.82. The van der Waals surface area contributed by atoms with Crippen LogP contribution in [0.2, 0.25) is 0 Å². The number of rotatable bonds is 3. The molecule has 1 N–H and O–H groups in total. The third-order valence-electron chi connectivity index (χ3n) is 6.27. The SMILES string of the molecule is COc1ccc2[nH]c3c(c2c1)CCN1C(=O)CN(Cc2ccccc2)C(=O)C31C. The fourth-order valence-electron chi connectivity index (χ4n) is 4.77. The van der Waals surface area contributed by atoms with Gasteiger partial charge in [-0.05, 0) is 42.7 Å². The van der Waals surface area contributed by atoms with Crippen LogP contribution in [0.25, 0.3) is 10.9 Å². The third-order valence-corrected chi connectivity index (χ3v) is 6.27. The van der Waals surface area contributed by atoms with E-state index in [2.05, 4.69) is 4.98 Å². The summed E-state index contributed by atoms with van der Waals surface area (Å²) in [5, 5.41) is 1.06. The van der Waals surface area contributed by atoms with E-state index in [0.717, 1.165) is 39.9 Å². The lowest BCUT2D eigenvalue weighted by Gasteiger charge is -2.49. The van der Waals surface area contributed by atoms with Crippen molar-refractivity contribution in [2.24, 2.45) is 0 Å². The molecule has 1 aromatic heterocycles. The van der Waals surface area contributed by atoms with E-state index in [-0.39, 0.29) is 18.4 Å². The molecule has 6 nitrogen and oxygen atoms in total. The summed E-state index contributed by atoms with van der Waals surface area (Å²) in [7, 11) is 1.65. The van der Waals surface area contributed by atoms with E-state index in [1.165, 1.54) is 0 Å². The third kappa shape index (κ3) is 2.55. The molecule has 1 fully saturated rings. The van der Waals surface area contributed by atoms with E-state index >= 15 is 0 Å². The highest BCUT2D eigenvalue weighted by atomic mass is 16.5. The molecular formula is C23H23N3O3. The first kappa shape index (κ1) is 17.8. The molecule has 3 heterocycles. The van der Waals surface area contributed by atoms with Gasteiger partial charge in [0.05, 0.1) is 12.8 Å². The summed E-state index contributed by atoms with van der Waals surface area (Å²) in [6.45, 7) is 2.96. The predicted molar refractivity (Wildman–Crippen MR) is 109 cm³/mol. The molecule has 0 spiro atoms. The molecule has 1 saturated heterocycles. The number of fused-ring (bicyclic) bond motifs is 5. The Hall–Kier alpha value is -3.28. The number of aromatic nitrogens is 1. The number of carbonyl (C=O) groups excluding carboxylic acids is 2. The van der Waals surface area contributed by atoms with Crippen LogP contribution in [0.5, 0.6) is 5.75 Å². The van der Waals surface area contributed by atoms with Crippen molar-refractivity contribution in [1.82, 2.24) is 14.8 Å². The molecule has 148 valence electrons. The summed E-state index contributed by atoms with van der Waals surface area (Å²) in [4.78, 5) is 33.5. The minimum atomic E-state index is -1.02. The lowest BCUT2D eigenvalue weighted by atomic mass is 9.83. The van der Waals surface area contributed by atoms with Crippen LogP contribution in [0.4, 0.5) is 0 Å². The Balaban J connectivity index is 1.61. The molecule has 0 radical (unpaired) electrons. The molecule has 5 rings (SSSR count). The van der Waals surface area contributed by atoms with Crippen molar-refractivity contribution >= 4 is 22.7 Å². The Morgan fingerprint density at radius 1 is 1.14 bits per heavy atom. The molecule has 2 amide bonds. The number of ether oxygens (including phenoxy) is 1. The van der Waals surface area contributed by atoms with E-state index < -0.39 is 5.54 Å². The number of nitrogens with one attached hydrogen (secondary N) is 1. The first-order chi connectivity index (χ1) is 14.0. The summed E-state index contributed by atoms with van der Waals surface area (Å²) < 4.78 is 5.38. The summed E-state index contributed by atoms with van der Waals surface area (Å²) in [5.41, 5.74) is 2.87. The lowest BCUT2D eigenvalue weighted by Crippen LogP contribution is -2.66. The Bertz CT molecular complexity index is 1120. The zero-order valence-corrected chi connectivity index (χ0v) is 16.6. The number of hydrogen-bond acceptors (Lipinski definition) is 3. The highest BCUT2D eigenvalue weighted by molar-refractivity contribution is 6.00. The van der Waals surface area contributed by atoms with Crippen molar-refractivity contribution in [1.29, 1.82) is 0 Å². The molecule has 2 aromatic carbocycles. The quantitative estimate of drug-likeness (QED) is 0.749. The summed E-state index contributed by atoms with van der Waals surface area (Å²) in [6, 6.07) is 15.7. The largest absolute Gasteiger partial charge is 0.497 e. The van der Waals surface area contributed by atoms with Crippen molar-refractivity contribution in [2.45, 2.75) is 25.4 Å². The molecule has 1 atom stereocenters. The molecule has 0 aliphatic carbocycles. The van der Waals surface area contributed by atoms with Crippen molar-refractivity contribution < 1.29 is 14.3 Å². The van der Waals surface area contributed by atoms with Crippen LogP contribution in [0.3, 0.4) is 0 Å². The minimum absolute atomic E-state index is 0.00934. The maximum Gasteiger partial charge on any atom is 0.255 e. The summed E-state index contributed by atoms with van der Waals surface area (Å²) >= 11 is 0. The molecule has 2 aliphatic heterocycles. The molecule has 6 heteroatoms. The Morgan fingerprint density at radius 2 is 1.93 bits per heavy atom. The zero-order chi connectivity index (χ0) is 20.2. The summed E-state index contributed by atoms with van der Waals surface area (Å²) in [5.74, 6) is 0.731. The van der Waals surface area contributed by atoms with Crippen LogP contribution < -0.4 is 4.74 Å². The Kier molecular flexibility index (Phi) is 3.91. The van der Waals surface area contributed by atoms with E-state index in [1.54, 1.807) is 16.9 Å². The molecular weight excluding hydrogens is 366 g/mol. The molecule has 2 aliphatic rings. The van der Waals surface area contributed by atoms with Gasteiger partial charge >= 0.3 is 0 Å². The van der Waals surface area contributed by atoms with Gasteiger partial charge in [0.2, 0.25) is 5.91 Å². The first-order valence-electron chi connectivity index (χ1n) is 9.85. The van der Waals surface area contributed by atoms with Crippen LogP contribution in [0.15, 0.2) is 48.5 Å². The molecule has 0 saturated carbocycles. The molecule has 1 unspecified atom stereocenters. The summed E-state index contributed by atoms with van der Waals surface area (Å²) in [6.07, 6.45) is 0.718. The average molecular weight is 389 g/mol. The number of methoxy groups -OCH3 is 1. The fraction of sp³-hybridized carbons (Fsp3) is 0.304. The van der Waals surface area contributed by atoms with Crippen LogP contribution in [0, 0.1) is 0 Å². The molecule has 3 aromatic rings.